The van der Waals surface area contributed by atoms with Crippen molar-refractivity contribution in [3.8, 4) is 11.5 Å². The van der Waals surface area contributed by atoms with Crippen LogP contribution in [0.5, 0.6) is 11.5 Å². The van der Waals surface area contributed by atoms with Gasteiger partial charge in [0.05, 0.1) is 49.0 Å². The molecule has 4 saturated heterocycles. The van der Waals surface area contributed by atoms with Crippen molar-refractivity contribution < 1.29 is 33.8 Å². The first kappa shape index (κ1) is 53.0. The zero-order valence-electron chi connectivity index (χ0n) is 38.3. The van der Waals surface area contributed by atoms with E-state index in [9.17, 15) is 24.3 Å². The molecule has 3 unspecified atom stereocenters. The molecule has 68 heavy (non-hydrogen) atoms. The van der Waals surface area contributed by atoms with Crippen LogP contribution in [0.25, 0.3) is 0 Å². The van der Waals surface area contributed by atoms with E-state index in [1.165, 1.54) is 57.3 Å². The van der Waals surface area contributed by atoms with Gasteiger partial charge in [0.1, 0.15) is 30.9 Å². The average molecular weight is 1030 g/mol. The molecule has 0 radical (unpaired) electrons. The monoisotopic (exact) mass is 1030 g/mol. The molecule has 8 rings (SSSR count). The van der Waals surface area contributed by atoms with E-state index in [1.807, 2.05) is 18.2 Å². The number of aliphatic hydroxyl groups excluding tert-OH is 1. The molecule has 0 bridgehead atoms. The van der Waals surface area contributed by atoms with Crippen molar-refractivity contribution in [2.45, 2.75) is 83.3 Å². The lowest BCUT2D eigenvalue weighted by molar-refractivity contribution is -0.119. The number of nitrogens with one attached hydrogen (secondary N) is 2. The second-order valence-electron chi connectivity index (χ2n) is 17.4. The molecule has 4 heterocycles. The van der Waals surface area contributed by atoms with Crippen molar-refractivity contribution in [1.82, 2.24) is 9.80 Å². The minimum Gasteiger partial charge on any atom is -0.490 e. The molecule has 3 N–H and O–H groups in total. The van der Waals surface area contributed by atoms with Gasteiger partial charge in [0.2, 0.25) is 23.6 Å². The smallest absolute Gasteiger partial charge is 0.236 e. The van der Waals surface area contributed by atoms with Gasteiger partial charge in [-0.15, -0.1) is 12.4 Å². The Labute approximate surface area is 424 Å². The Balaban J connectivity index is 0.000000221. The fourth-order valence-electron chi connectivity index (χ4n) is 9.11. The number of likely N-dealkylation sites (tertiary alicyclic amines) is 2. The SMILES string of the molecule is CC(=O)Nc1ccc(N2C(=O)C(c3ccc(Cl)c(Cl)c3)CC2O)cc1OCCN1CCCCC1.CC(=O)Nc1ccc(N2CCC(c3ccc(Cl)c(Cl)c3)C2=O)cc1OCCN1CCCCC1.Cl. The zero-order chi connectivity index (χ0) is 47.6. The van der Waals surface area contributed by atoms with Crippen LogP contribution in [0.4, 0.5) is 22.7 Å². The summed E-state index contributed by atoms with van der Waals surface area (Å²) in [4.78, 5) is 57.8. The number of amides is 4. The molecule has 4 fully saturated rings. The molecule has 0 aromatic heterocycles. The van der Waals surface area contributed by atoms with E-state index in [0.29, 0.717) is 80.4 Å². The fourth-order valence-corrected chi connectivity index (χ4v) is 9.73. The van der Waals surface area contributed by atoms with Gasteiger partial charge in [-0.3, -0.25) is 33.9 Å². The summed E-state index contributed by atoms with van der Waals surface area (Å²) < 4.78 is 12.1. The molecule has 4 aromatic rings. The third kappa shape index (κ3) is 13.7. The third-order valence-electron chi connectivity index (χ3n) is 12.5. The summed E-state index contributed by atoms with van der Waals surface area (Å²) in [6, 6.07) is 21.0. The van der Waals surface area contributed by atoms with Gasteiger partial charge in [-0.25, -0.2) is 0 Å². The summed E-state index contributed by atoms with van der Waals surface area (Å²) in [5, 5.41) is 18.1. The molecule has 18 heteroatoms. The van der Waals surface area contributed by atoms with Crippen LogP contribution >= 0.6 is 58.8 Å². The van der Waals surface area contributed by atoms with Crippen LogP contribution in [0.3, 0.4) is 0 Å². The summed E-state index contributed by atoms with van der Waals surface area (Å²) >= 11 is 24.4. The van der Waals surface area contributed by atoms with Crippen LogP contribution in [0, 0.1) is 0 Å². The first-order chi connectivity index (χ1) is 32.2. The predicted octanol–water partition coefficient (Wildman–Crippen LogP) is 10.4. The number of piperidine rings is 2. The number of hydrogen-bond donors (Lipinski definition) is 3. The van der Waals surface area contributed by atoms with E-state index < -0.39 is 12.1 Å². The molecule has 4 aromatic carbocycles. The van der Waals surface area contributed by atoms with Gasteiger partial charge in [-0.1, -0.05) is 71.4 Å². The first-order valence-corrected chi connectivity index (χ1v) is 24.5. The fraction of sp³-hybridized carbons (Fsp3) is 0.440. The summed E-state index contributed by atoms with van der Waals surface area (Å²) in [5.41, 5.74) is 3.96. The third-order valence-corrected chi connectivity index (χ3v) is 14.0. The summed E-state index contributed by atoms with van der Waals surface area (Å²) in [7, 11) is 0. The maximum Gasteiger partial charge on any atom is 0.236 e. The van der Waals surface area contributed by atoms with Crippen LogP contribution in [0.1, 0.15) is 88.2 Å². The van der Waals surface area contributed by atoms with Crippen LogP contribution in [0.15, 0.2) is 72.8 Å². The number of halogens is 5. The highest BCUT2D eigenvalue weighted by molar-refractivity contribution is 6.42. The number of rotatable bonds is 14. The molecular formula is C50H59Cl5N6O7. The molecule has 0 aliphatic carbocycles. The Hall–Kier alpha value is -4.31. The Morgan fingerprint density at radius 3 is 1.56 bits per heavy atom. The van der Waals surface area contributed by atoms with Gasteiger partial charge < -0.3 is 30.1 Å². The number of carbonyl (C=O) groups excluding carboxylic acids is 4. The number of nitrogens with zero attached hydrogens (tertiary/aromatic N) is 4. The highest BCUT2D eigenvalue weighted by Crippen LogP contribution is 2.41. The molecule has 0 saturated carbocycles. The van der Waals surface area contributed by atoms with E-state index in [-0.39, 0.29) is 48.4 Å². The lowest BCUT2D eigenvalue weighted by Gasteiger charge is -2.26. The molecule has 3 atom stereocenters. The van der Waals surface area contributed by atoms with Gasteiger partial charge in [0.25, 0.3) is 0 Å². The lowest BCUT2D eigenvalue weighted by Crippen LogP contribution is -2.34. The van der Waals surface area contributed by atoms with Gasteiger partial charge in [0, 0.05) is 57.7 Å². The van der Waals surface area contributed by atoms with E-state index in [0.717, 1.165) is 50.5 Å². The van der Waals surface area contributed by atoms with E-state index in [4.69, 9.17) is 55.9 Å². The first-order valence-electron chi connectivity index (χ1n) is 23.0. The summed E-state index contributed by atoms with van der Waals surface area (Å²) in [6.45, 7) is 10.4. The van der Waals surface area contributed by atoms with Gasteiger partial charge in [-0.2, -0.15) is 0 Å². The topological polar surface area (TPSA) is 144 Å². The van der Waals surface area contributed by atoms with Gasteiger partial charge >= 0.3 is 0 Å². The van der Waals surface area contributed by atoms with E-state index in [1.54, 1.807) is 59.5 Å². The normalized spacial score (nSPS) is 19.8. The Kier molecular flexibility index (Phi) is 19.5. The number of aliphatic hydroxyl groups is 1. The Bertz CT molecular complexity index is 2420. The van der Waals surface area contributed by atoms with Crippen molar-refractivity contribution in [3.63, 3.8) is 0 Å². The van der Waals surface area contributed by atoms with Crippen molar-refractivity contribution >= 4 is 105 Å². The molecule has 4 aliphatic heterocycles. The van der Waals surface area contributed by atoms with Crippen molar-refractivity contribution in [3.05, 3.63) is 104 Å². The number of hydrogen-bond acceptors (Lipinski definition) is 9. The van der Waals surface area contributed by atoms with Crippen LogP contribution < -0.4 is 29.9 Å². The van der Waals surface area contributed by atoms with Crippen molar-refractivity contribution in [1.29, 1.82) is 0 Å². The summed E-state index contributed by atoms with van der Waals surface area (Å²) in [6.07, 6.45) is 7.32. The quantitative estimate of drug-likeness (QED) is 0.112. The maximum absolute atomic E-state index is 13.3. The Morgan fingerprint density at radius 2 is 1.07 bits per heavy atom. The molecule has 13 nitrogen and oxygen atoms in total. The van der Waals surface area contributed by atoms with Crippen LogP contribution in [-0.2, 0) is 19.2 Å². The number of benzene rings is 4. The lowest BCUT2D eigenvalue weighted by atomic mass is 9.97. The minimum absolute atomic E-state index is 0. The molecular weight excluding hydrogens is 974 g/mol. The molecule has 366 valence electrons. The van der Waals surface area contributed by atoms with E-state index >= 15 is 0 Å². The maximum atomic E-state index is 13.3. The van der Waals surface area contributed by atoms with Crippen LogP contribution in [0.2, 0.25) is 20.1 Å². The molecule has 4 aliphatic rings. The number of ether oxygens (including phenoxy) is 2. The second-order valence-corrected chi connectivity index (χ2v) is 19.0. The highest BCUT2D eigenvalue weighted by Gasteiger charge is 2.41. The molecule has 4 amide bonds. The standard InChI is InChI=1S/C25H29Cl2N3O4.C25H29Cl2N3O3.ClH/c1-16(31)28-22-8-6-18(14-23(22)34-12-11-29-9-3-2-4-10-29)30-24(32)15-19(25(30)33)17-5-7-20(26)21(27)13-17;1-17(31)28-23-8-6-19(16-24(23)33-14-13-29-10-3-2-4-11-29)30-12-9-20(25(30)32)18-5-7-21(26)22(27)15-18;/h5-8,13-14,19,24,32H,2-4,9-12,15H2,1H3,(H,28,31);5-8,15-16,20H,2-4,9-14H2,1H3,(H,28,31);1H. The van der Waals surface area contributed by atoms with Crippen LogP contribution in [-0.4, -0.2) is 104 Å². The minimum atomic E-state index is -1.00. The molecule has 0 spiro atoms. The van der Waals surface area contributed by atoms with Gasteiger partial charge in [-0.05, 0) is 118 Å². The van der Waals surface area contributed by atoms with E-state index in [2.05, 4.69) is 20.4 Å². The van der Waals surface area contributed by atoms with Crippen molar-refractivity contribution in [2.75, 3.05) is 79.5 Å². The average Bonchev–Trinajstić information content (AvgIpc) is 3.84. The summed E-state index contributed by atoms with van der Waals surface area (Å²) in [5.74, 6) is -0.377. The largest absolute Gasteiger partial charge is 0.490 e. The van der Waals surface area contributed by atoms with Crippen molar-refractivity contribution in [2.24, 2.45) is 0 Å². The van der Waals surface area contributed by atoms with Gasteiger partial charge in [0.15, 0.2) is 0 Å². The second kappa shape index (κ2) is 25.0. The zero-order valence-corrected chi connectivity index (χ0v) is 42.1. The Morgan fingerprint density at radius 1 is 0.603 bits per heavy atom. The predicted molar refractivity (Wildman–Crippen MR) is 274 cm³/mol. The number of carbonyl (C=O) groups is 4. The highest BCUT2D eigenvalue weighted by atomic mass is 35.5. The number of anilines is 4.